The highest BCUT2D eigenvalue weighted by Crippen LogP contribution is 2.26. The minimum Gasteiger partial charge on any atom is -0.340 e. The van der Waals surface area contributed by atoms with E-state index in [1.807, 2.05) is 22.8 Å². The summed E-state index contributed by atoms with van der Waals surface area (Å²) in [5.74, 6) is 0.727. The normalized spacial score (nSPS) is 14.6. The zero-order chi connectivity index (χ0) is 25.5. The van der Waals surface area contributed by atoms with Crippen molar-refractivity contribution in [2.24, 2.45) is 7.05 Å². The summed E-state index contributed by atoms with van der Waals surface area (Å²) in [7, 11) is 1.65. The molecule has 0 bridgehead atoms. The number of hydrogen-bond donors (Lipinski definition) is 1. The van der Waals surface area contributed by atoms with E-state index in [1.54, 1.807) is 7.05 Å². The second-order valence-electron chi connectivity index (χ2n) is 9.82. The van der Waals surface area contributed by atoms with E-state index in [0.29, 0.717) is 17.7 Å². The van der Waals surface area contributed by atoms with E-state index in [4.69, 9.17) is 4.98 Å². The number of aryl methyl sites for hydroxylation is 2. The van der Waals surface area contributed by atoms with Gasteiger partial charge in [-0.05, 0) is 34.4 Å². The van der Waals surface area contributed by atoms with E-state index >= 15 is 0 Å². The monoisotopic (exact) mass is 494 g/mol. The summed E-state index contributed by atoms with van der Waals surface area (Å²) in [6.45, 7) is 6.91. The minimum absolute atomic E-state index is 0.407. The molecule has 1 N–H and O–H groups in total. The number of nitrogens with one attached hydrogen (secondary N) is 1. The molecule has 5 aromatic rings. The van der Waals surface area contributed by atoms with Gasteiger partial charge in [-0.3, -0.25) is 23.8 Å². The lowest BCUT2D eigenvalue weighted by Gasteiger charge is -2.35. The smallest absolute Gasteiger partial charge is 0.329 e. The molecule has 1 aliphatic heterocycles. The van der Waals surface area contributed by atoms with Gasteiger partial charge in [-0.15, -0.1) is 0 Å². The Kier molecular flexibility index (Phi) is 5.88. The van der Waals surface area contributed by atoms with E-state index in [0.717, 1.165) is 55.0 Å². The number of aromatic nitrogens is 4. The molecule has 8 heteroatoms. The number of anilines is 1. The maximum absolute atomic E-state index is 13.1. The Labute approximate surface area is 214 Å². The van der Waals surface area contributed by atoms with Crippen LogP contribution in [-0.2, 0) is 20.1 Å². The quantitative estimate of drug-likeness (QED) is 0.406. The first-order valence-electron chi connectivity index (χ1n) is 12.7. The molecule has 188 valence electrons. The summed E-state index contributed by atoms with van der Waals surface area (Å²) < 4.78 is 3.40. The molecule has 0 saturated carbocycles. The molecular weight excluding hydrogens is 464 g/mol. The van der Waals surface area contributed by atoms with Crippen LogP contribution in [-0.4, -0.2) is 50.2 Å². The number of benzene rings is 3. The van der Waals surface area contributed by atoms with Gasteiger partial charge in [-0.25, -0.2) is 4.79 Å². The highest BCUT2D eigenvalue weighted by Gasteiger charge is 2.25. The van der Waals surface area contributed by atoms with E-state index in [2.05, 4.69) is 70.2 Å². The van der Waals surface area contributed by atoms with Gasteiger partial charge in [0.25, 0.3) is 5.56 Å². The molecule has 1 aliphatic rings. The van der Waals surface area contributed by atoms with Crippen molar-refractivity contribution in [2.75, 3.05) is 31.1 Å². The number of nitrogens with zero attached hydrogens (tertiary/aromatic N) is 5. The predicted octanol–water partition coefficient (Wildman–Crippen LogP) is 3.26. The topological polar surface area (TPSA) is 79.2 Å². The average Bonchev–Trinajstić information content (AvgIpc) is 3.29. The van der Waals surface area contributed by atoms with Crippen LogP contribution in [0.5, 0.6) is 0 Å². The molecule has 6 rings (SSSR count). The van der Waals surface area contributed by atoms with Gasteiger partial charge in [-0.1, -0.05) is 66.7 Å². The van der Waals surface area contributed by atoms with Crippen molar-refractivity contribution in [1.29, 1.82) is 0 Å². The minimum atomic E-state index is -0.457. The van der Waals surface area contributed by atoms with Crippen LogP contribution in [0.4, 0.5) is 5.95 Å². The molecule has 0 amide bonds. The number of imidazole rings is 1. The number of aromatic amines is 1. The highest BCUT2D eigenvalue weighted by atomic mass is 16.2. The second kappa shape index (κ2) is 9.37. The number of hydrogen-bond acceptors (Lipinski definition) is 5. The maximum Gasteiger partial charge on any atom is 0.329 e. The molecule has 3 heterocycles. The van der Waals surface area contributed by atoms with Gasteiger partial charge < -0.3 is 4.90 Å². The molecule has 0 atom stereocenters. The fourth-order valence-corrected chi connectivity index (χ4v) is 5.35. The first kappa shape index (κ1) is 23.2. The molecule has 1 saturated heterocycles. The molecule has 37 heavy (non-hydrogen) atoms. The molecule has 1 fully saturated rings. The Morgan fingerprint density at radius 3 is 2.35 bits per heavy atom. The molecule has 0 aliphatic carbocycles. The Hall–Kier alpha value is -4.17. The number of fused-ring (bicyclic) bond motifs is 2. The van der Waals surface area contributed by atoms with E-state index < -0.39 is 11.2 Å². The molecule has 3 aromatic carbocycles. The average molecular weight is 495 g/mol. The SMILES string of the molecule is Cc1ccccc1CN1CCN(c2nc3c(c(=O)[nH]c(=O)n3C)n2Cc2cccc3ccccc23)CC1. The Bertz CT molecular complexity index is 1720. The number of H-pyrrole nitrogens is 1. The van der Waals surface area contributed by atoms with Crippen LogP contribution in [0, 0.1) is 6.92 Å². The summed E-state index contributed by atoms with van der Waals surface area (Å²) >= 11 is 0. The lowest BCUT2D eigenvalue weighted by atomic mass is 10.0. The largest absolute Gasteiger partial charge is 0.340 e. The Morgan fingerprint density at radius 1 is 0.838 bits per heavy atom. The molecule has 0 radical (unpaired) electrons. The van der Waals surface area contributed by atoms with Crippen LogP contribution in [0.15, 0.2) is 76.3 Å². The number of rotatable bonds is 5. The third-order valence-electron chi connectivity index (χ3n) is 7.51. The summed E-state index contributed by atoms with van der Waals surface area (Å²) in [6, 6.07) is 23.0. The molecule has 0 unspecified atom stereocenters. The summed E-state index contributed by atoms with van der Waals surface area (Å²) in [4.78, 5) is 37.5. The molecular formula is C29H30N6O2. The number of piperazine rings is 1. The first-order chi connectivity index (χ1) is 18.0. The van der Waals surface area contributed by atoms with Gasteiger partial charge >= 0.3 is 5.69 Å². The van der Waals surface area contributed by atoms with Gasteiger partial charge in [0, 0.05) is 39.8 Å². The summed E-state index contributed by atoms with van der Waals surface area (Å²) in [5, 5.41) is 2.29. The first-order valence-corrected chi connectivity index (χ1v) is 12.7. The predicted molar refractivity (Wildman–Crippen MR) is 147 cm³/mol. The lowest BCUT2D eigenvalue weighted by molar-refractivity contribution is 0.248. The van der Waals surface area contributed by atoms with Gasteiger partial charge in [0.2, 0.25) is 5.95 Å². The molecule has 0 spiro atoms. The Balaban J connectivity index is 1.37. The van der Waals surface area contributed by atoms with E-state index in [9.17, 15) is 9.59 Å². The highest BCUT2D eigenvalue weighted by molar-refractivity contribution is 5.86. The van der Waals surface area contributed by atoms with Crippen LogP contribution in [0.25, 0.3) is 21.9 Å². The van der Waals surface area contributed by atoms with Crippen LogP contribution in [0.3, 0.4) is 0 Å². The van der Waals surface area contributed by atoms with Crippen LogP contribution in [0.2, 0.25) is 0 Å². The standard InChI is InChI=1S/C29H30N6O2/c1-20-8-3-4-10-22(20)18-33-14-16-34(17-15-33)28-30-26-25(27(36)31-29(37)32(26)2)35(28)19-23-12-7-11-21-9-5-6-13-24(21)23/h3-13H,14-19H2,1-2H3,(H,31,36,37). The molecule has 8 nitrogen and oxygen atoms in total. The zero-order valence-electron chi connectivity index (χ0n) is 21.1. The van der Waals surface area contributed by atoms with Crippen molar-refractivity contribution in [1.82, 2.24) is 24.0 Å². The zero-order valence-corrected chi connectivity index (χ0v) is 21.1. The van der Waals surface area contributed by atoms with Gasteiger partial charge in [-0.2, -0.15) is 4.98 Å². The fraction of sp³-hybridized carbons (Fsp3) is 0.276. The molecule has 2 aromatic heterocycles. The lowest BCUT2D eigenvalue weighted by Crippen LogP contribution is -2.47. The second-order valence-corrected chi connectivity index (χ2v) is 9.82. The van der Waals surface area contributed by atoms with Gasteiger partial charge in [0.15, 0.2) is 11.2 Å². The van der Waals surface area contributed by atoms with E-state index in [-0.39, 0.29) is 0 Å². The van der Waals surface area contributed by atoms with Crippen molar-refractivity contribution in [3.8, 4) is 0 Å². The third kappa shape index (κ3) is 4.23. The summed E-state index contributed by atoms with van der Waals surface area (Å²) in [5.41, 5.74) is 3.73. The van der Waals surface area contributed by atoms with Crippen molar-refractivity contribution in [2.45, 2.75) is 20.0 Å². The van der Waals surface area contributed by atoms with Crippen molar-refractivity contribution in [3.05, 3.63) is 104 Å². The van der Waals surface area contributed by atoms with Crippen LogP contribution < -0.4 is 16.1 Å². The third-order valence-corrected chi connectivity index (χ3v) is 7.51. The van der Waals surface area contributed by atoms with Crippen LogP contribution >= 0.6 is 0 Å². The van der Waals surface area contributed by atoms with Gasteiger partial charge in [0.05, 0.1) is 6.54 Å². The van der Waals surface area contributed by atoms with Gasteiger partial charge in [0.1, 0.15) is 0 Å². The fourth-order valence-electron chi connectivity index (χ4n) is 5.35. The van der Waals surface area contributed by atoms with E-state index in [1.165, 1.54) is 15.7 Å². The van der Waals surface area contributed by atoms with Crippen LogP contribution in [0.1, 0.15) is 16.7 Å². The van der Waals surface area contributed by atoms with Crippen molar-refractivity contribution >= 4 is 27.9 Å². The van der Waals surface area contributed by atoms with Crippen molar-refractivity contribution < 1.29 is 0 Å². The maximum atomic E-state index is 13.1. The summed E-state index contributed by atoms with van der Waals surface area (Å²) in [6.07, 6.45) is 0. The Morgan fingerprint density at radius 2 is 1.54 bits per heavy atom. The van der Waals surface area contributed by atoms with Crippen molar-refractivity contribution in [3.63, 3.8) is 0 Å².